The highest BCUT2D eigenvalue weighted by atomic mass is 16.5. The number of carbonyl (C=O) groups is 2. The minimum atomic E-state index is -1.05. The lowest BCUT2D eigenvalue weighted by Crippen LogP contribution is -2.43. The molecule has 0 spiro atoms. The van der Waals surface area contributed by atoms with Crippen molar-refractivity contribution in [3.8, 4) is 0 Å². The molecule has 5 heteroatoms. The second-order valence-corrected chi connectivity index (χ2v) is 4.55. The van der Waals surface area contributed by atoms with Crippen LogP contribution in [0, 0.1) is 0 Å². The van der Waals surface area contributed by atoms with Crippen LogP contribution >= 0.6 is 0 Å². The van der Waals surface area contributed by atoms with Gasteiger partial charge in [0, 0.05) is 13.0 Å². The van der Waals surface area contributed by atoms with Crippen LogP contribution in [-0.2, 0) is 20.7 Å². The summed E-state index contributed by atoms with van der Waals surface area (Å²) < 4.78 is 5.16. The number of rotatable bonds is 9. The van der Waals surface area contributed by atoms with Crippen molar-refractivity contribution < 1.29 is 19.4 Å². The minimum absolute atomic E-state index is 0.0986. The van der Waals surface area contributed by atoms with Crippen LogP contribution in [0.4, 0.5) is 0 Å². The molecule has 0 saturated heterocycles. The van der Waals surface area contributed by atoms with E-state index in [9.17, 15) is 9.59 Å². The van der Waals surface area contributed by atoms with Gasteiger partial charge in [0.05, 0.1) is 0 Å². The Labute approximate surface area is 118 Å². The van der Waals surface area contributed by atoms with Gasteiger partial charge in [0.15, 0.2) is 0 Å². The van der Waals surface area contributed by atoms with E-state index in [1.54, 1.807) is 0 Å². The molecule has 1 amide bonds. The molecule has 0 radical (unpaired) electrons. The molecule has 0 fully saturated rings. The number of ether oxygens (including phenoxy) is 1. The third-order valence-corrected chi connectivity index (χ3v) is 2.79. The molecular weight excluding hydrogens is 258 g/mol. The molecular formula is C15H21NO4. The summed E-state index contributed by atoms with van der Waals surface area (Å²) >= 11 is 0. The maximum Gasteiger partial charge on any atom is 0.326 e. The maximum atomic E-state index is 11.6. The van der Waals surface area contributed by atoms with E-state index < -0.39 is 17.9 Å². The van der Waals surface area contributed by atoms with Gasteiger partial charge in [-0.25, -0.2) is 4.79 Å². The second kappa shape index (κ2) is 9.09. The Hall–Kier alpha value is -1.88. The molecule has 0 aliphatic carbocycles. The van der Waals surface area contributed by atoms with Crippen LogP contribution in [0.3, 0.4) is 0 Å². The Kier molecular flexibility index (Phi) is 7.35. The molecule has 0 aliphatic heterocycles. The number of carboxylic acid groups (broad SMARTS) is 1. The number of unbranched alkanes of at least 4 members (excludes halogenated alkanes) is 1. The Morgan fingerprint density at radius 1 is 1.30 bits per heavy atom. The average Bonchev–Trinajstić information content (AvgIpc) is 2.44. The molecule has 0 saturated carbocycles. The number of hydrogen-bond acceptors (Lipinski definition) is 3. The number of hydrogen-bond donors (Lipinski definition) is 2. The number of benzene rings is 1. The van der Waals surface area contributed by atoms with Crippen LogP contribution in [0.15, 0.2) is 30.3 Å². The van der Waals surface area contributed by atoms with Gasteiger partial charge in [-0.1, -0.05) is 43.7 Å². The largest absolute Gasteiger partial charge is 0.480 e. The summed E-state index contributed by atoms with van der Waals surface area (Å²) in [5, 5.41) is 11.6. The number of nitrogens with one attached hydrogen (secondary N) is 1. The molecule has 1 atom stereocenters. The van der Waals surface area contributed by atoms with E-state index in [4.69, 9.17) is 9.84 Å². The first-order chi connectivity index (χ1) is 9.63. The van der Waals surface area contributed by atoms with Gasteiger partial charge in [-0.3, -0.25) is 4.79 Å². The first-order valence-corrected chi connectivity index (χ1v) is 6.77. The van der Waals surface area contributed by atoms with Gasteiger partial charge in [0.1, 0.15) is 12.6 Å². The minimum Gasteiger partial charge on any atom is -0.480 e. The zero-order chi connectivity index (χ0) is 14.8. The summed E-state index contributed by atoms with van der Waals surface area (Å²) in [4.78, 5) is 22.8. The van der Waals surface area contributed by atoms with E-state index in [-0.39, 0.29) is 13.0 Å². The molecule has 0 aliphatic rings. The Balaban J connectivity index is 2.43. The second-order valence-electron chi connectivity index (χ2n) is 4.55. The van der Waals surface area contributed by atoms with Gasteiger partial charge in [-0.05, 0) is 12.0 Å². The molecule has 2 N–H and O–H groups in total. The summed E-state index contributed by atoms with van der Waals surface area (Å²) in [7, 11) is 0. The Morgan fingerprint density at radius 3 is 2.60 bits per heavy atom. The summed E-state index contributed by atoms with van der Waals surface area (Å²) in [5.74, 6) is -1.44. The molecule has 1 rings (SSSR count). The highest BCUT2D eigenvalue weighted by Crippen LogP contribution is 2.03. The van der Waals surface area contributed by atoms with Crippen molar-refractivity contribution in [3.63, 3.8) is 0 Å². The predicted octanol–water partition coefficient (Wildman–Crippen LogP) is 1.62. The molecule has 0 aromatic heterocycles. The molecule has 5 nitrogen and oxygen atoms in total. The van der Waals surface area contributed by atoms with Crippen LogP contribution < -0.4 is 5.32 Å². The highest BCUT2D eigenvalue weighted by Gasteiger charge is 2.20. The van der Waals surface area contributed by atoms with Crippen molar-refractivity contribution in [3.05, 3.63) is 35.9 Å². The molecule has 0 bridgehead atoms. The van der Waals surface area contributed by atoms with E-state index in [1.165, 1.54) is 0 Å². The number of carbonyl (C=O) groups excluding carboxylic acids is 1. The van der Waals surface area contributed by atoms with E-state index in [1.807, 2.05) is 37.3 Å². The predicted molar refractivity (Wildman–Crippen MR) is 75.4 cm³/mol. The summed E-state index contributed by atoms with van der Waals surface area (Å²) in [5.41, 5.74) is 0.868. The zero-order valence-electron chi connectivity index (χ0n) is 11.7. The van der Waals surface area contributed by atoms with Gasteiger partial charge < -0.3 is 15.2 Å². The molecule has 110 valence electrons. The molecule has 1 aromatic rings. The van der Waals surface area contributed by atoms with Crippen LogP contribution in [-0.4, -0.2) is 36.2 Å². The lowest BCUT2D eigenvalue weighted by atomic mass is 10.1. The third kappa shape index (κ3) is 6.33. The van der Waals surface area contributed by atoms with Crippen LogP contribution in [0.2, 0.25) is 0 Å². The first kappa shape index (κ1) is 16.2. The number of aliphatic carboxylic acids is 1. The smallest absolute Gasteiger partial charge is 0.326 e. The van der Waals surface area contributed by atoms with Crippen molar-refractivity contribution in [1.29, 1.82) is 0 Å². The Bertz CT molecular complexity index is 419. The van der Waals surface area contributed by atoms with Gasteiger partial charge in [0.25, 0.3) is 0 Å². The monoisotopic (exact) mass is 279 g/mol. The van der Waals surface area contributed by atoms with E-state index in [0.717, 1.165) is 18.4 Å². The first-order valence-electron chi connectivity index (χ1n) is 6.77. The zero-order valence-corrected chi connectivity index (χ0v) is 11.7. The lowest BCUT2D eigenvalue weighted by Gasteiger charge is -2.14. The third-order valence-electron chi connectivity index (χ3n) is 2.79. The highest BCUT2D eigenvalue weighted by molar-refractivity contribution is 5.84. The van der Waals surface area contributed by atoms with Crippen LogP contribution in [0.25, 0.3) is 0 Å². The summed E-state index contributed by atoms with van der Waals surface area (Å²) in [6.07, 6.45) is 2.14. The van der Waals surface area contributed by atoms with E-state index in [0.29, 0.717) is 6.61 Å². The van der Waals surface area contributed by atoms with Crippen molar-refractivity contribution in [2.24, 2.45) is 0 Å². The van der Waals surface area contributed by atoms with Crippen LogP contribution in [0.5, 0.6) is 0 Å². The maximum absolute atomic E-state index is 11.6. The SMILES string of the molecule is CCCCOCC(=O)NC(Cc1ccccc1)C(=O)O. The van der Waals surface area contributed by atoms with Gasteiger partial charge in [-0.2, -0.15) is 0 Å². The molecule has 20 heavy (non-hydrogen) atoms. The number of carboxylic acids is 1. The lowest BCUT2D eigenvalue weighted by molar-refractivity contribution is -0.142. The van der Waals surface area contributed by atoms with Gasteiger partial charge in [-0.15, -0.1) is 0 Å². The molecule has 1 aromatic carbocycles. The summed E-state index contributed by atoms with van der Waals surface area (Å²) in [6.45, 7) is 2.45. The molecule has 1 unspecified atom stereocenters. The topological polar surface area (TPSA) is 75.6 Å². The standard InChI is InChI=1S/C15H21NO4/c1-2-3-9-20-11-14(17)16-13(15(18)19)10-12-7-5-4-6-8-12/h4-8,13H,2-3,9-11H2,1H3,(H,16,17)(H,18,19). The fourth-order valence-electron chi connectivity index (χ4n) is 1.70. The fourth-order valence-corrected chi connectivity index (χ4v) is 1.70. The Morgan fingerprint density at radius 2 is 2.00 bits per heavy atom. The van der Waals surface area contributed by atoms with Gasteiger partial charge in [0.2, 0.25) is 5.91 Å². The van der Waals surface area contributed by atoms with Crippen molar-refractivity contribution in [2.45, 2.75) is 32.2 Å². The van der Waals surface area contributed by atoms with Crippen molar-refractivity contribution >= 4 is 11.9 Å². The van der Waals surface area contributed by atoms with Crippen LogP contribution in [0.1, 0.15) is 25.3 Å². The summed E-state index contributed by atoms with van der Waals surface area (Å²) in [6, 6.07) is 8.27. The normalized spacial score (nSPS) is 11.8. The average molecular weight is 279 g/mol. The van der Waals surface area contributed by atoms with Crippen molar-refractivity contribution in [2.75, 3.05) is 13.2 Å². The fraction of sp³-hybridized carbons (Fsp3) is 0.467. The van der Waals surface area contributed by atoms with Crippen molar-refractivity contribution in [1.82, 2.24) is 5.32 Å². The van der Waals surface area contributed by atoms with E-state index in [2.05, 4.69) is 5.32 Å². The van der Waals surface area contributed by atoms with E-state index >= 15 is 0 Å². The number of amides is 1. The quantitative estimate of drug-likeness (QED) is 0.673. The van der Waals surface area contributed by atoms with Gasteiger partial charge >= 0.3 is 5.97 Å². The molecule has 0 heterocycles.